The lowest BCUT2D eigenvalue weighted by Crippen LogP contribution is -2.40. The smallest absolute Gasteiger partial charge is 0.215 e. The van der Waals surface area contributed by atoms with Gasteiger partial charge in [0.15, 0.2) is 5.96 Å². The molecule has 0 spiro atoms. The molecule has 0 aromatic carbocycles. The zero-order valence-electron chi connectivity index (χ0n) is 12.2. The Morgan fingerprint density at radius 3 is 2.16 bits per heavy atom. The molecule has 0 aromatic rings. The highest BCUT2D eigenvalue weighted by atomic mass is 32.2. The van der Waals surface area contributed by atoms with E-state index in [-0.39, 0.29) is 5.75 Å². The van der Waals surface area contributed by atoms with Crippen molar-refractivity contribution in [3.63, 3.8) is 0 Å². The van der Waals surface area contributed by atoms with Gasteiger partial charge in [-0.3, -0.25) is 4.99 Å². The maximum atomic E-state index is 12.1. The van der Waals surface area contributed by atoms with Crippen LogP contribution in [0.4, 0.5) is 0 Å². The summed E-state index contributed by atoms with van der Waals surface area (Å²) in [5.74, 6) is 2.65. The highest BCUT2D eigenvalue weighted by molar-refractivity contribution is 7.99. The number of guanidine groups is 1. The van der Waals surface area contributed by atoms with Gasteiger partial charge in [0, 0.05) is 52.8 Å². The van der Waals surface area contributed by atoms with Crippen molar-refractivity contribution in [2.24, 2.45) is 4.99 Å². The van der Waals surface area contributed by atoms with Crippen molar-refractivity contribution >= 4 is 27.7 Å². The highest BCUT2D eigenvalue weighted by Gasteiger charge is 2.23. The van der Waals surface area contributed by atoms with Gasteiger partial charge < -0.3 is 9.80 Å². The lowest BCUT2D eigenvalue weighted by Gasteiger charge is -2.26. The molecule has 0 bridgehead atoms. The van der Waals surface area contributed by atoms with E-state index in [0.29, 0.717) is 19.6 Å². The van der Waals surface area contributed by atoms with Gasteiger partial charge >= 0.3 is 0 Å². The van der Waals surface area contributed by atoms with Gasteiger partial charge in [0.1, 0.15) is 0 Å². The second kappa shape index (κ2) is 7.35. The summed E-state index contributed by atoms with van der Waals surface area (Å²) in [6.45, 7) is 1.56. The molecule has 0 unspecified atom stereocenters. The molecule has 19 heavy (non-hydrogen) atoms. The van der Waals surface area contributed by atoms with Crippen LogP contribution >= 0.6 is 11.8 Å². The van der Waals surface area contributed by atoms with Crippen LogP contribution in [0.5, 0.6) is 0 Å². The molecule has 1 aliphatic heterocycles. The summed E-state index contributed by atoms with van der Waals surface area (Å²) in [7, 11) is 4.44. The number of aliphatic imine (C=N–C) groups is 1. The van der Waals surface area contributed by atoms with E-state index in [1.807, 2.05) is 38.0 Å². The Bertz CT molecular complexity index is 391. The Hall–Kier alpha value is -0.470. The number of hydrogen-bond donors (Lipinski definition) is 0. The Labute approximate surface area is 120 Å². The van der Waals surface area contributed by atoms with Crippen molar-refractivity contribution in [3.05, 3.63) is 0 Å². The molecule has 0 radical (unpaired) electrons. The first-order chi connectivity index (χ1) is 8.84. The Morgan fingerprint density at radius 1 is 1.16 bits per heavy atom. The molecule has 8 heteroatoms. The third kappa shape index (κ3) is 5.19. The second-order valence-corrected chi connectivity index (χ2v) is 8.11. The molecule has 6 nitrogen and oxygen atoms in total. The SMILES string of the molecule is CN(C)C(=NCCS(=O)(=O)N1CCSCC1)N(C)C. The molecule has 0 atom stereocenters. The fraction of sp³-hybridized carbons (Fsp3) is 0.909. The summed E-state index contributed by atoms with van der Waals surface area (Å²) in [5, 5.41) is 0. The summed E-state index contributed by atoms with van der Waals surface area (Å²) in [6.07, 6.45) is 0. The van der Waals surface area contributed by atoms with E-state index in [1.165, 1.54) is 0 Å². The van der Waals surface area contributed by atoms with Crippen molar-refractivity contribution in [3.8, 4) is 0 Å². The molecule has 112 valence electrons. The average Bonchev–Trinajstić information content (AvgIpc) is 2.34. The molecular formula is C11H24N4O2S2. The van der Waals surface area contributed by atoms with Gasteiger partial charge in [-0.2, -0.15) is 11.8 Å². The standard InChI is InChI=1S/C11H24N4O2S2/c1-13(2)11(14(3)4)12-5-10-19(16,17)15-6-8-18-9-7-15/h5-10H2,1-4H3. The Kier molecular flexibility index (Phi) is 6.41. The zero-order valence-corrected chi connectivity index (χ0v) is 13.8. The first-order valence-electron chi connectivity index (χ1n) is 6.29. The van der Waals surface area contributed by atoms with Crippen molar-refractivity contribution < 1.29 is 8.42 Å². The zero-order chi connectivity index (χ0) is 14.5. The maximum Gasteiger partial charge on any atom is 0.215 e. The minimum Gasteiger partial charge on any atom is -0.349 e. The van der Waals surface area contributed by atoms with Crippen LogP contribution in [0.15, 0.2) is 4.99 Å². The summed E-state index contributed by atoms with van der Waals surface area (Å²) in [6, 6.07) is 0. The molecule has 1 heterocycles. The van der Waals surface area contributed by atoms with E-state index in [2.05, 4.69) is 4.99 Å². The predicted molar refractivity (Wildman–Crippen MR) is 82.4 cm³/mol. The van der Waals surface area contributed by atoms with Crippen LogP contribution in [0, 0.1) is 0 Å². The topological polar surface area (TPSA) is 56.2 Å². The van der Waals surface area contributed by atoms with Crippen molar-refractivity contribution in [2.75, 3.05) is 65.1 Å². The van der Waals surface area contributed by atoms with E-state index < -0.39 is 10.0 Å². The first kappa shape index (κ1) is 16.6. The normalized spacial score (nSPS) is 17.1. The van der Waals surface area contributed by atoms with Crippen LogP contribution in [0.1, 0.15) is 0 Å². The summed E-state index contributed by atoms with van der Waals surface area (Å²) < 4.78 is 25.8. The van der Waals surface area contributed by atoms with E-state index in [0.717, 1.165) is 17.5 Å². The summed E-state index contributed by atoms with van der Waals surface area (Å²) in [4.78, 5) is 8.12. The second-order valence-electron chi connectivity index (χ2n) is 4.80. The molecule has 0 aliphatic carbocycles. The molecule has 1 aliphatic rings. The Morgan fingerprint density at radius 2 is 1.68 bits per heavy atom. The fourth-order valence-electron chi connectivity index (χ4n) is 1.90. The average molecular weight is 308 g/mol. The molecule has 1 saturated heterocycles. The Balaban J connectivity index is 2.57. The largest absolute Gasteiger partial charge is 0.349 e. The van der Waals surface area contributed by atoms with Gasteiger partial charge in [-0.1, -0.05) is 0 Å². The van der Waals surface area contributed by atoms with Gasteiger partial charge in [-0.15, -0.1) is 0 Å². The molecule has 0 amide bonds. The number of sulfonamides is 1. The fourth-order valence-corrected chi connectivity index (χ4v) is 4.35. The molecular weight excluding hydrogens is 284 g/mol. The number of nitrogens with zero attached hydrogens (tertiary/aromatic N) is 4. The van der Waals surface area contributed by atoms with Crippen molar-refractivity contribution in [1.29, 1.82) is 0 Å². The monoisotopic (exact) mass is 308 g/mol. The minimum absolute atomic E-state index is 0.0862. The van der Waals surface area contributed by atoms with Gasteiger partial charge in [-0.05, 0) is 0 Å². The quantitative estimate of drug-likeness (QED) is 0.534. The van der Waals surface area contributed by atoms with E-state index in [1.54, 1.807) is 16.1 Å². The van der Waals surface area contributed by atoms with Crippen LogP contribution in [0.3, 0.4) is 0 Å². The maximum absolute atomic E-state index is 12.1. The van der Waals surface area contributed by atoms with Gasteiger partial charge in [0.05, 0.1) is 12.3 Å². The predicted octanol–water partition coefficient (Wildman–Crippen LogP) is -0.156. The van der Waals surface area contributed by atoms with Crippen LogP contribution in [-0.2, 0) is 10.0 Å². The molecule has 0 aromatic heterocycles. The van der Waals surface area contributed by atoms with E-state index in [4.69, 9.17) is 0 Å². The third-order valence-corrected chi connectivity index (χ3v) is 5.56. The number of hydrogen-bond acceptors (Lipinski definition) is 4. The lowest BCUT2D eigenvalue weighted by atomic mass is 10.6. The van der Waals surface area contributed by atoms with Gasteiger partial charge in [0.2, 0.25) is 10.0 Å². The molecule has 0 saturated carbocycles. The number of thioether (sulfide) groups is 1. The van der Waals surface area contributed by atoms with E-state index >= 15 is 0 Å². The third-order valence-electron chi connectivity index (χ3n) is 2.77. The van der Waals surface area contributed by atoms with Crippen molar-refractivity contribution in [1.82, 2.24) is 14.1 Å². The highest BCUT2D eigenvalue weighted by Crippen LogP contribution is 2.13. The van der Waals surface area contributed by atoms with Crippen LogP contribution in [0.2, 0.25) is 0 Å². The minimum atomic E-state index is -3.15. The molecule has 1 fully saturated rings. The van der Waals surface area contributed by atoms with Crippen LogP contribution in [-0.4, -0.2) is 93.6 Å². The van der Waals surface area contributed by atoms with Crippen molar-refractivity contribution in [2.45, 2.75) is 0 Å². The van der Waals surface area contributed by atoms with Crippen LogP contribution in [0.25, 0.3) is 0 Å². The summed E-state index contributed by atoms with van der Waals surface area (Å²) in [5.41, 5.74) is 0. The van der Waals surface area contributed by atoms with E-state index in [9.17, 15) is 8.42 Å². The van der Waals surface area contributed by atoms with Gasteiger partial charge in [0.25, 0.3) is 0 Å². The lowest BCUT2D eigenvalue weighted by molar-refractivity contribution is 0.443. The molecule has 1 rings (SSSR count). The number of rotatable bonds is 4. The van der Waals surface area contributed by atoms with Crippen LogP contribution < -0.4 is 0 Å². The first-order valence-corrected chi connectivity index (χ1v) is 9.05. The molecule has 0 N–H and O–H groups in total. The summed E-state index contributed by atoms with van der Waals surface area (Å²) >= 11 is 1.80. The van der Waals surface area contributed by atoms with Gasteiger partial charge in [-0.25, -0.2) is 12.7 Å².